The molecule has 2 aliphatic rings. The number of carboxylic acids is 1. The summed E-state index contributed by atoms with van der Waals surface area (Å²) in [4.78, 5) is 22.7. The van der Waals surface area contributed by atoms with Crippen LogP contribution in [0.25, 0.3) is 21.8 Å². The summed E-state index contributed by atoms with van der Waals surface area (Å²) in [6.07, 6.45) is 1.97. The predicted octanol–water partition coefficient (Wildman–Crippen LogP) is 4.27. The second-order valence-electron chi connectivity index (χ2n) is 7.60. The lowest BCUT2D eigenvalue weighted by atomic mass is 10.1. The summed E-state index contributed by atoms with van der Waals surface area (Å²) in [5.41, 5.74) is 5.98. The van der Waals surface area contributed by atoms with Crippen LogP contribution in [0.5, 0.6) is 0 Å². The summed E-state index contributed by atoms with van der Waals surface area (Å²) in [6, 6.07) is 15.9. The van der Waals surface area contributed by atoms with E-state index in [0.717, 1.165) is 42.2 Å². The predicted molar refractivity (Wildman–Crippen MR) is 114 cm³/mol. The Balaban J connectivity index is 0.000000130. The molecule has 1 N–H and O–H groups in total. The van der Waals surface area contributed by atoms with Crippen molar-refractivity contribution in [1.82, 2.24) is 9.13 Å². The molecule has 0 fully saturated rings. The summed E-state index contributed by atoms with van der Waals surface area (Å²) in [7, 11) is 0. The van der Waals surface area contributed by atoms with E-state index in [2.05, 4.69) is 16.7 Å². The second kappa shape index (κ2) is 7.06. The molecule has 6 rings (SSSR count). The lowest BCUT2D eigenvalue weighted by molar-refractivity contribution is 0.0514. The monoisotopic (exact) mass is 402 g/mol. The van der Waals surface area contributed by atoms with Gasteiger partial charge in [0.15, 0.2) is 0 Å². The molecule has 0 saturated heterocycles. The van der Waals surface area contributed by atoms with Crippen LogP contribution in [0.1, 0.15) is 39.0 Å². The molecule has 0 atom stereocenters. The second-order valence-corrected chi connectivity index (χ2v) is 7.60. The maximum atomic E-state index is 11.8. The van der Waals surface area contributed by atoms with Gasteiger partial charge in [-0.15, -0.1) is 0 Å². The number of aromatic nitrogens is 2. The standard InChI is InChI=1S/C13H13NO2.C11H9NO2/c1-2-16-13(15)11-8-10-5-3-4-9-6-7-14(11)12(9)10;13-11(14)9-6-8-3-1-2-7-4-5-12(9)10(7)8/h3-5,8H,2,6-7H2,1H3;1-3,6H,4-5H2,(H,13,14). The van der Waals surface area contributed by atoms with Gasteiger partial charge in [0, 0.05) is 23.9 Å². The summed E-state index contributed by atoms with van der Waals surface area (Å²) in [5.74, 6) is -1.05. The molecule has 4 aromatic rings. The summed E-state index contributed by atoms with van der Waals surface area (Å²) < 4.78 is 9.03. The van der Waals surface area contributed by atoms with Gasteiger partial charge in [0.25, 0.3) is 0 Å². The normalized spacial score (nSPS) is 13.5. The third-order valence-corrected chi connectivity index (χ3v) is 5.92. The Kier molecular flexibility index (Phi) is 4.35. The topological polar surface area (TPSA) is 73.5 Å². The van der Waals surface area contributed by atoms with Crippen LogP contribution in [0.4, 0.5) is 0 Å². The summed E-state index contributed by atoms with van der Waals surface area (Å²) in [5, 5.41) is 11.2. The number of nitrogens with zero attached hydrogens (tertiary/aromatic N) is 2. The average Bonchev–Trinajstić information content (AvgIpc) is 3.50. The van der Waals surface area contributed by atoms with E-state index in [4.69, 9.17) is 9.84 Å². The molecule has 6 nitrogen and oxygen atoms in total. The van der Waals surface area contributed by atoms with Crippen molar-refractivity contribution >= 4 is 33.7 Å². The van der Waals surface area contributed by atoms with Crippen molar-refractivity contribution in [2.45, 2.75) is 32.9 Å². The van der Waals surface area contributed by atoms with Crippen LogP contribution in [-0.2, 0) is 30.7 Å². The van der Waals surface area contributed by atoms with Crippen LogP contribution in [0.2, 0.25) is 0 Å². The smallest absolute Gasteiger partial charge is 0.354 e. The molecular formula is C24H22N2O4. The van der Waals surface area contributed by atoms with Gasteiger partial charge in [-0.2, -0.15) is 0 Å². The first kappa shape index (κ1) is 18.5. The Labute approximate surface area is 173 Å². The van der Waals surface area contributed by atoms with Gasteiger partial charge in [-0.25, -0.2) is 9.59 Å². The van der Waals surface area contributed by atoms with Crippen molar-refractivity contribution in [3.63, 3.8) is 0 Å². The molecule has 0 radical (unpaired) electrons. The molecule has 2 aromatic carbocycles. The number of hydrogen-bond acceptors (Lipinski definition) is 3. The number of benzene rings is 2. The van der Waals surface area contributed by atoms with Gasteiger partial charge in [-0.05, 0) is 43.0 Å². The van der Waals surface area contributed by atoms with Crippen LogP contribution in [0.3, 0.4) is 0 Å². The Hall–Kier alpha value is -3.54. The number of rotatable bonds is 3. The molecule has 152 valence electrons. The molecule has 0 bridgehead atoms. The Morgan fingerprint density at radius 1 is 0.900 bits per heavy atom. The molecular weight excluding hydrogens is 380 g/mol. The third kappa shape index (κ3) is 2.79. The highest BCUT2D eigenvalue weighted by molar-refractivity contribution is 5.97. The molecule has 0 saturated carbocycles. The SMILES string of the molecule is CCOC(=O)c1cc2cccc3c2n1CC3.O=C(O)c1cc2cccc3c2n1CC3. The minimum absolute atomic E-state index is 0.216. The fourth-order valence-corrected chi connectivity index (χ4v) is 4.69. The van der Waals surface area contributed by atoms with Crippen molar-refractivity contribution in [2.75, 3.05) is 6.61 Å². The zero-order valence-electron chi connectivity index (χ0n) is 16.7. The van der Waals surface area contributed by atoms with Crippen LogP contribution in [0, 0.1) is 0 Å². The quantitative estimate of drug-likeness (QED) is 0.520. The number of aryl methyl sites for hydroxylation is 4. The molecule has 6 heteroatoms. The lowest BCUT2D eigenvalue weighted by Crippen LogP contribution is -2.10. The number of carboxylic acid groups (broad SMARTS) is 1. The van der Waals surface area contributed by atoms with Gasteiger partial charge in [0.05, 0.1) is 17.6 Å². The molecule has 30 heavy (non-hydrogen) atoms. The number of carbonyl (C=O) groups is 2. The highest BCUT2D eigenvalue weighted by Crippen LogP contribution is 2.30. The fraction of sp³-hybridized carbons (Fsp3) is 0.250. The van der Waals surface area contributed by atoms with Crippen LogP contribution < -0.4 is 0 Å². The highest BCUT2D eigenvalue weighted by Gasteiger charge is 2.22. The van der Waals surface area contributed by atoms with Crippen molar-refractivity contribution in [3.8, 4) is 0 Å². The van der Waals surface area contributed by atoms with Gasteiger partial charge in [0.2, 0.25) is 0 Å². The number of hydrogen-bond donors (Lipinski definition) is 1. The number of esters is 1. The van der Waals surface area contributed by atoms with Crippen molar-refractivity contribution in [2.24, 2.45) is 0 Å². The van der Waals surface area contributed by atoms with Gasteiger partial charge in [0.1, 0.15) is 11.4 Å². The van der Waals surface area contributed by atoms with Crippen molar-refractivity contribution < 1.29 is 19.4 Å². The molecule has 0 amide bonds. The van der Waals surface area contributed by atoms with Gasteiger partial charge in [-0.1, -0.05) is 36.4 Å². The largest absolute Gasteiger partial charge is 0.477 e. The molecule has 0 unspecified atom stereocenters. The van der Waals surface area contributed by atoms with E-state index in [1.165, 1.54) is 16.6 Å². The Bertz CT molecular complexity index is 1310. The zero-order chi connectivity index (χ0) is 20.8. The van der Waals surface area contributed by atoms with E-state index in [1.54, 1.807) is 6.07 Å². The maximum Gasteiger partial charge on any atom is 0.354 e. The molecule has 2 aromatic heterocycles. The van der Waals surface area contributed by atoms with E-state index < -0.39 is 5.97 Å². The lowest BCUT2D eigenvalue weighted by Gasteiger charge is -2.03. The summed E-state index contributed by atoms with van der Waals surface area (Å²) in [6.45, 7) is 3.94. The van der Waals surface area contributed by atoms with E-state index in [9.17, 15) is 9.59 Å². The van der Waals surface area contributed by atoms with E-state index in [-0.39, 0.29) is 5.97 Å². The molecule has 0 aliphatic carbocycles. The van der Waals surface area contributed by atoms with Crippen LogP contribution in [0.15, 0.2) is 48.5 Å². The number of ether oxygens (including phenoxy) is 1. The van der Waals surface area contributed by atoms with Crippen LogP contribution in [-0.4, -0.2) is 32.8 Å². The van der Waals surface area contributed by atoms with Crippen molar-refractivity contribution in [1.29, 1.82) is 0 Å². The van der Waals surface area contributed by atoms with Gasteiger partial charge >= 0.3 is 11.9 Å². The van der Waals surface area contributed by atoms with E-state index in [1.807, 2.05) is 41.8 Å². The minimum Gasteiger partial charge on any atom is -0.477 e. The fourth-order valence-electron chi connectivity index (χ4n) is 4.69. The van der Waals surface area contributed by atoms with Gasteiger partial charge in [-0.3, -0.25) is 0 Å². The number of para-hydroxylation sites is 2. The number of carbonyl (C=O) groups excluding carboxylic acids is 1. The highest BCUT2D eigenvalue weighted by atomic mass is 16.5. The third-order valence-electron chi connectivity index (χ3n) is 5.92. The van der Waals surface area contributed by atoms with E-state index >= 15 is 0 Å². The zero-order valence-corrected chi connectivity index (χ0v) is 16.7. The molecule has 0 spiro atoms. The Morgan fingerprint density at radius 3 is 1.97 bits per heavy atom. The van der Waals surface area contributed by atoms with Gasteiger partial charge < -0.3 is 19.0 Å². The average molecular weight is 402 g/mol. The van der Waals surface area contributed by atoms with Crippen LogP contribution >= 0.6 is 0 Å². The molecule has 4 heterocycles. The van der Waals surface area contributed by atoms with E-state index in [0.29, 0.717) is 18.0 Å². The Morgan fingerprint density at radius 2 is 1.43 bits per heavy atom. The maximum absolute atomic E-state index is 11.8. The first-order chi connectivity index (χ1) is 14.6. The molecule has 2 aliphatic heterocycles. The minimum atomic E-state index is -0.839. The number of aromatic carboxylic acids is 1. The first-order valence-corrected chi connectivity index (χ1v) is 10.2. The van der Waals surface area contributed by atoms with Crippen molar-refractivity contribution in [3.05, 3.63) is 71.0 Å². The first-order valence-electron chi connectivity index (χ1n) is 10.2. The summed E-state index contributed by atoms with van der Waals surface area (Å²) >= 11 is 0.